The van der Waals surface area contributed by atoms with Crippen molar-refractivity contribution in [3.63, 3.8) is 0 Å². The zero-order valence-corrected chi connectivity index (χ0v) is 12.3. The van der Waals surface area contributed by atoms with Crippen molar-refractivity contribution < 1.29 is 9.84 Å². The lowest BCUT2D eigenvalue weighted by Crippen LogP contribution is -2.08. The van der Waals surface area contributed by atoms with E-state index in [-0.39, 0.29) is 5.75 Å². The van der Waals surface area contributed by atoms with Crippen LogP contribution < -0.4 is 4.74 Å². The minimum atomic E-state index is 0.171. The lowest BCUT2D eigenvalue weighted by molar-refractivity contribution is 0.278. The fourth-order valence-electron chi connectivity index (χ4n) is 2.68. The summed E-state index contributed by atoms with van der Waals surface area (Å²) >= 11 is 0. The fourth-order valence-corrected chi connectivity index (χ4v) is 2.68. The molecule has 3 heteroatoms. The number of rotatable bonds is 4. The van der Waals surface area contributed by atoms with Gasteiger partial charge in [-0.2, -0.15) is 0 Å². The summed E-state index contributed by atoms with van der Waals surface area (Å²) in [7, 11) is 0. The predicted octanol–water partition coefficient (Wildman–Crippen LogP) is 4.51. The lowest BCUT2D eigenvalue weighted by atomic mass is 10.2. The van der Waals surface area contributed by atoms with E-state index in [0.29, 0.717) is 18.4 Å². The largest absolute Gasteiger partial charge is 0.504 e. The Labute approximate surface area is 124 Å². The summed E-state index contributed by atoms with van der Waals surface area (Å²) in [6.07, 6.45) is 0. The Morgan fingerprint density at radius 2 is 1.76 bits per heavy atom. The van der Waals surface area contributed by atoms with E-state index in [0.717, 1.165) is 5.69 Å². The molecule has 0 amide bonds. The maximum absolute atomic E-state index is 9.78. The standard InChI is InChI=1S/C18H19NO2/c1-13(2)19-15(11-14-7-3-4-8-16(14)19)12-21-18-10-6-5-9-17(18)20/h3-11,13,20H,12H2,1-2H3. The average Bonchev–Trinajstić information content (AvgIpc) is 2.85. The highest BCUT2D eigenvalue weighted by molar-refractivity contribution is 5.81. The van der Waals surface area contributed by atoms with Gasteiger partial charge in [-0.3, -0.25) is 0 Å². The molecule has 0 bridgehead atoms. The number of nitrogens with zero attached hydrogens (tertiary/aromatic N) is 1. The molecule has 0 saturated carbocycles. The number of phenolic OH excluding ortho intramolecular Hbond substituents is 1. The van der Waals surface area contributed by atoms with Crippen LogP contribution in [0.1, 0.15) is 25.6 Å². The molecule has 0 atom stereocenters. The molecule has 2 aromatic carbocycles. The van der Waals surface area contributed by atoms with Crippen LogP contribution in [0.25, 0.3) is 10.9 Å². The molecule has 0 spiro atoms. The van der Waals surface area contributed by atoms with Gasteiger partial charge >= 0.3 is 0 Å². The van der Waals surface area contributed by atoms with E-state index in [9.17, 15) is 5.11 Å². The van der Waals surface area contributed by atoms with Crippen molar-refractivity contribution in [3.05, 3.63) is 60.3 Å². The average molecular weight is 281 g/mol. The van der Waals surface area contributed by atoms with Crippen LogP contribution in [0, 0.1) is 0 Å². The van der Waals surface area contributed by atoms with E-state index in [2.05, 4.69) is 42.7 Å². The summed E-state index contributed by atoms with van der Waals surface area (Å²) < 4.78 is 8.05. The van der Waals surface area contributed by atoms with Crippen LogP contribution in [-0.4, -0.2) is 9.67 Å². The van der Waals surface area contributed by atoms with E-state index >= 15 is 0 Å². The zero-order chi connectivity index (χ0) is 14.8. The first-order chi connectivity index (χ1) is 10.2. The van der Waals surface area contributed by atoms with Crippen LogP contribution >= 0.6 is 0 Å². The van der Waals surface area contributed by atoms with Gasteiger partial charge in [0.25, 0.3) is 0 Å². The van der Waals surface area contributed by atoms with Crippen LogP contribution in [0.2, 0.25) is 0 Å². The van der Waals surface area contributed by atoms with Crippen LogP contribution in [0.4, 0.5) is 0 Å². The molecule has 3 aromatic rings. The zero-order valence-electron chi connectivity index (χ0n) is 12.3. The summed E-state index contributed by atoms with van der Waals surface area (Å²) in [6.45, 7) is 4.76. The third kappa shape index (κ3) is 2.59. The molecule has 1 N–H and O–H groups in total. The van der Waals surface area contributed by atoms with E-state index in [1.165, 1.54) is 10.9 Å². The SMILES string of the molecule is CC(C)n1c(COc2ccccc2O)cc2ccccc21. The maximum Gasteiger partial charge on any atom is 0.161 e. The van der Waals surface area contributed by atoms with Crippen molar-refractivity contribution in [3.8, 4) is 11.5 Å². The number of benzene rings is 2. The Hall–Kier alpha value is -2.42. The smallest absolute Gasteiger partial charge is 0.161 e. The van der Waals surface area contributed by atoms with Gasteiger partial charge in [-0.05, 0) is 43.5 Å². The predicted molar refractivity (Wildman–Crippen MR) is 84.8 cm³/mol. The molecule has 0 unspecified atom stereocenters. The van der Waals surface area contributed by atoms with Gasteiger partial charge in [-0.25, -0.2) is 0 Å². The highest BCUT2D eigenvalue weighted by Crippen LogP contribution is 2.28. The molecular weight excluding hydrogens is 262 g/mol. The topological polar surface area (TPSA) is 34.4 Å². The number of para-hydroxylation sites is 3. The molecule has 0 aliphatic carbocycles. The van der Waals surface area contributed by atoms with Crippen molar-refractivity contribution in [2.45, 2.75) is 26.5 Å². The molecule has 0 aliphatic rings. The van der Waals surface area contributed by atoms with Crippen molar-refractivity contribution in [1.82, 2.24) is 4.57 Å². The van der Waals surface area contributed by atoms with Gasteiger partial charge in [-0.15, -0.1) is 0 Å². The third-order valence-corrected chi connectivity index (χ3v) is 3.59. The van der Waals surface area contributed by atoms with Gasteiger partial charge in [0.2, 0.25) is 0 Å². The fraction of sp³-hybridized carbons (Fsp3) is 0.222. The molecule has 0 fully saturated rings. The van der Waals surface area contributed by atoms with Crippen LogP contribution in [0.15, 0.2) is 54.6 Å². The van der Waals surface area contributed by atoms with Gasteiger partial charge in [0, 0.05) is 11.6 Å². The number of aromatic hydroxyl groups is 1. The normalized spacial score (nSPS) is 11.2. The summed E-state index contributed by atoms with van der Waals surface area (Å²) in [5, 5.41) is 11.0. The molecular formula is C18H19NO2. The van der Waals surface area contributed by atoms with Crippen LogP contribution in [-0.2, 0) is 6.61 Å². The quantitative estimate of drug-likeness (QED) is 0.763. The van der Waals surface area contributed by atoms with Gasteiger partial charge in [0.05, 0.1) is 5.69 Å². The van der Waals surface area contributed by atoms with Crippen molar-refractivity contribution >= 4 is 10.9 Å². The molecule has 3 rings (SSSR count). The van der Waals surface area contributed by atoms with Crippen LogP contribution in [0.5, 0.6) is 11.5 Å². The summed E-state index contributed by atoms with van der Waals surface area (Å²) in [6, 6.07) is 17.9. The molecule has 21 heavy (non-hydrogen) atoms. The second kappa shape index (κ2) is 5.52. The summed E-state index contributed by atoms with van der Waals surface area (Å²) in [4.78, 5) is 0. The lowest BCUT2D eigenvalue weighted by Gasteiger charge is -2.15. The Balaban J connectivity index is 1.93. The number of hydrogen-bond acceptors (Lipinski definition) is 2. The summed E-state index contributed by atoms with van der Waals surface area (Å²) in [5.41, 5.74) is 2.32. The second-order valence-electron chi connectivity index (χ2n) is 5.41. The van der Waals surface area contributed by atoms with Gasteiger partial charge < -0.3 is 14.4 Å². The van der Waals surface area contributed by atoms with Crippen LogP contribution in [0.3, 0.4) is 0 Å². The molecule has 0 saturated heterocycles. The molecule has 0 radical (unpaired) electrons. The molecule has 0 aliphatic heterocycles. The molecule has 1 heterocycles. The minimum absolute atomic E-state index is 0.171. The van der Waals surface area contributed by atoms with Gasteiger partial charge in [0.15, 0.2) is 11.5 Å². The first-order valence-corrected chi connectivity index (χ1v) is 7.16. The first-order valence-electron chi connectivity index (χ1n) is 7.16. The number of phenols is 1. The first kappa shape index (κ1) is 13.6. The van der Waals surface area contributed by atoms with Crippen molar-refractivity contribution in [1.29, 1.82) is 0 Å². The van der Waals surface area contributed by atoms with E-state index in [4.69, 9.17) is 4.74 Å². The molecule has 3 nitrogen and oxygen atoms in total. The van der Waals surface area contributed by atoms with Crippen molar-refractivity contribution in [2.24, 2.45) is 0 Å². The third-order valence-electron chi connectivity index (χ3n) is 3.59. The molecule has 108 valence electrons. The second-order valence-corrected chi connectivity index (χ2v) is 5.41. The van der Waals surface area contributed by atoms with E-state index < -0.39 is 0 Å². The Bertz CT molecular complexity index is 759. The van der Waals surface area contributed by atoms with Crippen molar-refractivity contribution in [2.75, 3.05) is 0 Å². The van der Waals surface area contributed by atoms with E-state index in [1.807, 2.05) is 12.1 Å². The Kier molecular flexibility index (Phi) is 3.57. The van der Waals surface area contributed by atoms with Gasteiger partial charge in [-0.1, -0.05) is 30.3 Å². The number of fused-ring (bicyclic) bond motifs is 1. The highest BCUT2D eigenvalue weighted by Gasteiger charge is 2.12. The maximum atomic E-state index is 9.78. The minimum Gasteiger partial charge on any atom is -0.504 e. The Morgan fingerprint density at radius 1 is 1.05 bits per heavy atom. The number of hydrogen-bond donors (Lipinski definition) is 1. The Morgan fingerprint density at radius 3 is 2.52 bits per heavy atom. The summed E-state index contributed by atoms with van der Waals surface area (Å²) in [5.74, 6) is 0.683. The monoisotopic (exact) mass is 281 g/mol. The van der Waals surface area contributed by atoms with E-state index in [1.54, 1.807) is 18.2 Å². The molecule has 1 aromatic heterocycles. The number of aromatic nitrogens is 1. The highest BCUT2D eigenvalue weighted by atomic mass is 16.5. The number of ether oxygens (including phenoxy) is 1. The van der Waals surface area contributed by atoms with Gasteiger partial charge in [0.1, 0.15) is 6.61 Å².